The van der Waals surface area contributed by atoms with E-state index in [1.54, 1.807) is 13.1 Å². The summed E-state index contributed by atoms with van der Waals surface area (Å²) < 4.78 is 0. The first kappa shape index (κ1) is 14.0. The number of carbonyl (C=O) groups excluding carboxylic acids is 1. The number of carbonyl (C=O) groups is 1. The van der Waals surface area contributed by atoms with E-state index >= 15 is 0 Å². The summed E-state index contributed by atoms with van der Waals surface area (Å²) in [5.74, 6) is 1.29. The molecule has 1 fully saturated rings. The molecule has 3 aromatic rings. The second kappa shape index (κ2) is 4.80. The first-order valence-electron chi connectivity index (χ1n) is 8.03. The maximum atomic E-state index is 12.7. The summed E-state index contributed by atoms with van der Waals surface area (Å²) >= 11 is 6.27. The molecule has 120 valence electrons. The first-order chi connectivity index (χ1) is 11.6. The Morgan fingerprint density at radius 1 is 1.33 bits per heavy atom. The molecule has 0 radical (unpaired) electrons. The number of aromatic nitrogens is 3. The average molecular weight is 339 g/mol. The third-order valence-electron chi connectivity index (χ3n) is 5.16. The van der Waals surface area contributed by atoms with Crippen molar-refractivity contribution in [3.8, 4) is 0 Å². The lowest BCUT2D eigenvalue weighted by atomic mass is 10.0. The van der Waals surface area contributed by atoms with Crippen LogP contribution in [0.4, 0.5) is 0 Å². The van der Waals surface area contributed by atoms with E-state index in [2.05, 4.69) is 26.3 Å². The summed E-state index contributed by atoms with van der Waals surface area (Å²) in [6.07, 6.45) is 2.71. The van der Waals surface area contributed by atoms with E-state index in [0.717, 1.165) is 16.8 Å². The van der Waals surface area contributed by atoms with Crippen molar-refractivity contribution in [2.75, 3.05) is 0 Å². The maximum absolute atomic E-state index is 12.7. The number of rotatable bonds is 2. The molecule has 5 nitrogen and oxygen atoms in total. The lowest BCUT2D eigenvalue weighted by Crippen LogP contribution is -2.30. The normalized spacial score (nSPS) is 23.8. The molecule has 3 atom stereocenters. The minimum Gasteiger partial charge on any atom is -0.347 e. The van der Waals surface area contributed by atoms with Gasteiger partial charge in [-0.2, -0.15) is 0 Å². The number of H-pyrrole nitrogens is 1. The molecule has 0 bridgehead atoms. The van der Waals surface area contributed by atoms with Crippen LogP contribution >= 0.6 is 11.6 Å². The van der Waals surface area contributed by atoms with Crippen LogP contribution in [0.2, 0.25) is 5.02 Å². The molecule has 2 aromatic heterocycles. The molecule has 1 amide bonds. The Bertz CT molecular complexity index is 996. The van der Waals surface area contributed by atoms with E-state index in [9.17, 15) is 4.79 Å². The van der Waals surface area contributed by atoms with Crippen molar-refractivity contribution < 1.29 is 4.79 Å². The van der Waals surface area contributed by atoms with Crippen LogP contribution in [0.1, 0.15) is 33.4 Å². The highest BCUT2D eigenvalue weighted by Gasteiger charge is 2.56. The lowest BCUT2D eigenvalue weighted by molar-refractivity contribution is 0.0944. The molecule has 0 spiro atoms. The fourth-order valence-electron chi connectivity index (χ4n) is 4.03. The average Bonchev–Trinajstić information content (AvgIpc) is 2.91. The summed E-state index contributed by atoms with van der Waals surface area (Å²) in [6.45, 7) is 1.79. The number of halogens is 1. The smallest absolute Gasteiger partial charge is 0.270 e. The van der Waals surface area contributed by atoms with Gasteiger partial charge in [-0.3, -0.25) is 4.79 Å². The Kier molecular flexibility index (Phi) is 2.80. The number of hydrogen-bond donors (Lipinski definition) is 2. The van der Waals surface area contributed by atoms with Crippen LogP contribution < -0.4 is 5.32 Å². The molecule has 2 N–H and O–H groups in total. The number of hydrogen-bond acceptors (Lipinski definition) is 3. The lowest BCUT2D eigenvalue weighted by Gasteiger charge is -2.11. The third kappa shape index (κ3) is 1.91. The summed E-state index contributed by atoms with van der Waals surface area (Å²) in [5, 5.41) is 4.75. The van der Waals surface area contributed by atoms with Crippen molar-refractivity contribution in [3.63, 3.8) is 0 Å². The van der Waals surface area contributed by atoms with Crippen LogP contribution in [0.5, 0.6) is 0 Å². The molecule has 24 heavy (non-hydrogen) atoms. The topological polar surface area (TPSA) is 70.7 Å². The van der Waals surface area contributed by atoms with Gasteiger partial charge in [0.15, 0.2) is 0 Å². The van der Waals surface area contributed by atoms with Gasteiger partial charge in [0.05, 0.1) is 5.39 Å². The molecule has 0 aliphatic heterocycles. The SMILES string of the molecule is Cc1nc(C(=O)NC2C3Cc4c(Cl)cccc4C32)c2cc[nH]c2n1. The van der Waals surface area contributed by atoms with Crippen molar-refractivity contribution in [2.24, 2.45) is 5.92 Å². The molecule has 1 aromatic carbocycles. The zero-order chi connectivity index (χ0) is 16.4. The zero-order valence-electron chi connectivity index (χ0n) is 13.0. The Morgan fingerprint density at radius 3 is 3.08 bits per heavy atom. The van der Waals surface area contributed by atoms with E-state index in [1.165, 1.54) is 11.1 Å². The summed E-state index contributed by atoms with van der Waals surface area (Å²) in [4.78, 5) is 24.4. The van der Waals surface area contributed by atoms with Crippen molar-refractivity contribution in [2.45, 2.75) is 25.3 Å². The highest BCUT2D eigenvalue weighted by molar-refractivity contribution is 6.31. The van der Waals surface area contributed by atoms with Crippen LogP contribution in [-0.2, 0) is 6.42 Å². The van der Waals surface area contributed by atoms with Crippen molar-refractivity contribution in [1.82, 2.24) is 20.3 Å². The number of benzene rings is 1. The molecule has 6 heteroatoms. The predicted octanol–water partition coefficient (Wildman–Crippen LogP) is 2.99. The quantitative estimate of drug-likeness (QED) is 0.754. The van der Waals surface area contributed by atoms with Gasteiger partial charge >= 0.3 is 0 Å². The number of nitrogens with zero attached hydrogens (tertiary/aromatic N) is 2. The molecule has 2 aliphatic carbocycles. The molecule has 1 saturated carbocycles. The monoisotopic (exact) mass is 338 g/mol. The van der Waals surface area contributed by atoms with Crippen molar-refractivity contribution in [3.05, 3.63) is 58.1 Å². The Hall–Kier alpha value is -2.40. The molecule has 2 heterocycles. The van der Waals surface area contributed by atoms with E-state index < -0.39 is 0 Å². The summed E-state index contributed by atoms with van der Waals surface area (Å²) in [7, 11) is 0. The fourth-order valence-corrected chi connectivity index (χ4v) is 4.29. The first-order valence-corrected chi connectivity index (χ1v) is 8.41. The molecule has 2 aliphatic rings. The fraction of sp³-hybridized carbons (Fsp3) is 0.278. The molecule has 0 saturated heterocycles. The molecular formula is C18H15ClN4O. The van der Waals surface area contributed by atoms with Gasteiger partial charge in [0.2, 0.25) is 0 Å². The van der Waals surface area contributed by atoms with Crippen molar-refractivity contribution >= 4 is 28.5 Å². The summed E-state index contributed by atoms with van der Waals surface area (Å²) in [5.41, 5.74) is 3.66. The second-order valence-corrected chi connectivity index (χ2v) is 6.97. The Morgan fingerprint density at radius 2 is 2.21 bits per heavy atom. The highest BCUT2D eigenvalue weighted by Crippen LogP contribution is 2.57. The van der Waals surface area contributed by atoms with Crippen LogP contribution in [0, 0.1) is 12.8 Å². The van der Waals surface area contributed by atoms with Gasteiger partial charge in [-0.1, -0.05) is 23.7 Å². The van der Waals surface area contributed by atoms with E-state index in [4.69, 9.17) is 11.6 Å². The number of aromatic amines is 1. The van der Waals surface area contributed by atoms with Gasteiger partial charge in [0.25, 0.3) is 5.91 Å². The standard InChI is InChI=1S/C18H15ClN4O/c1-8-21-16(10-5-6-20-17(10)22-8)18(24)23-15-12-7-11-9(14(12)15)3-2-4-13(11)19/h2-6,12,14-15H,7H2,1H3,(H,23,24)(H,20,21,22). The van der Waals surface area contributed by atoms with E-state index in [1.807, 2.05) is 18.2 Å². The van der Waals surface area contributed by atoms with E-state index in [0.29, 0.717) is 29.0 Å². The zero-order valence-corrected chi connectivity index (χ0v) is 13.8. The van der Waals surface area contributed by atoms with Gasteiger partial charge < -0.3 is 10.3 Å². The van der Waals surface area contributed by atoms with E-state index in [-0.39, 0.29) is 11.9 Å². The largest absolute Gasteiger partial charge is 0.347 e. The van der Waals surface area contributed by atoms with Gasteiger partial charge in [-0.05, 0) is 42.5 Å². The molecule has 5 rings (SSSR count). The van der Waals surface area contributed by atoms with Gasteiger partial charge in [-0.25, -0.2) is 9.97 Å². The van der Waals surface area contributed by atoms with Crippen molar-refractivity contribution in [1.29, 1.82) is 0 Å². The van der Waals surface area contributed by atoms with Gasteiger partial charge in [-0.15, -0.1) is 0 Å². The molecule has 3 unspecified atom stereocenters. The van der Waals surface area contributed by atoms with Gasteiger partial charge in [0, 0.05) is 23.2 Å². The Labute approximate surface area is 143 Å². The van der Waals surface area contributed by atoms with Gasteiger partial charge in [0.1, 0.15) is 17.2 Å². The second-order valence-electron chi connectivity index (χ2n) is 6.56. The number of fused-ring (bicyclic) bond motifs is 4. The predicted molar refractivity (Wildman–Crippen MR) is 91.3 cm³/mol. The third-order valence-corrected chi connectivity index (χ3v) is 5.52. The molecular weight excluding hydrogens is 324 g/mol. The number of aryl methyl sites for hydroxylation is 1. The minimum atomic E-state index is -0.131. The van der Waals surface area contributed by atoms with Crippen LogP contribution in [0.15, 0.2) is 30.5 Å². The van der Waals surface area contributed by atoms with Crippen LogP contribution in [0.3, 0.4) is 0 Å². The summed E-state index contributed by atoms with van der Waals surface area (Å²) in [6, 6.07) is 8.06. The Balaban J connectivity index is 1.42. The number of nitrogens with one attached hydrogen (secondary N) is 2. The number of amides is 1. The van der Waals surface area contributed by atoms with Crippen LogP contribution in [-0.4, -0.2) is 26.9 Å². The minimum absolute atomic E-state index is 0.131. The van der Waals surface area contributed by atoms with Crippen LogP contribution in [0.25, 0.3) is 11.0 Å². The highest BCUT2D eigenvalue weighted by atomic mass is 35.5. The maximum Gasteiger partial charge on any atom is 0.270 e.